The van der Waals surface area contributed by atoms with Crippen LogP contribution >= 0.6 is 22.9 Å². The lowest BCUT2D eigenvalue weighted by Crippen LogP contribution is -2.15. The average Bonchev–Trinajstić information content (AvgIpc) is 2.80. The lowest BCUT2D eigenvalue weighted by Gasteiger charge is -2.07. The maximum absolute atomic E-state index is 6.11. The van der Waals surface area contributed by atoms with Crippen LogP contribution in [0.15, 0.2) is 11.6 Å². The van der Waals surface area contributed by atoms with E-state index in [9.17, 15) is 0 Å². The summed E-state index contributed by atoms with van der Waals surface area (Å²) in [7, 11) is 0. The van der Waals surface area contributed by atoms with E-state index in [0.29, 0.717) is 0 Å². The van der Waals surface area contributed by atoms with E-state index in [1.165, 1.54) is 12.8 Å². The molecule has 4 heteroatoms. The summed E-state index contributed by atoms with van der Waals surface area (Å²) in [6.07, 6.45) is 4.40. The molecule has 0 amide bonds. The first-order valence-corrected chi connectivity index (χ1v) is 5.45. The van der Waals surface area contributed by atoms with Gasteiger partial charge >= 0.3 is 0 Å². The molecule has 1 saturated carbocycles. The van der Waals surface area contributed by atoms with Crippen molar-refractivity contribution in [2.75, 3.05) is 11.9 Å². The zero-order chi connectivity index (χ0) is 8.39. The van der Waals surface area contributed by atoms with Crippen molar-refractivity contribution in [1.29, 1.82) is 0 Å². The highest BCUT2D eigenvalue weighted by Gasteiger charge is 2.29. The molecule has 1 aromatic rings. The molecule has 0 aliphatic heterocycles. The Balaban J connectivity index is 1.74. The van der Waals surface area contributed by atoms with Gasteiger partial charge in [-0.2, -0.15) is 0 Å². The Morgan fingerprint density at radius 1 is 1.75 bits per heavy atom. The van der Waals surface area contributed by atoms with E-state index < -0.39 is 0 Å². The Kier molecular flexibility index (Phi) is 2.51. The number of anilines is 1. The van der Waals surface area contributed by atoms with Crippen LogP contribution in [0.3, 0.4) is 0 Å². The summed E-state index contributed by atoms with van der Waals surface area (Å²) in [6, 6.07) is 0. The Labute approximate surface area is 81.0 Å². The minimum Gasteiger partial charge on any atom is -0.360 e. The van der Waals surface area contributed by atoms with Gasteiger partial charge in [-0.15, -0.1) is 22.9 Å². The molecule has 0 spiro atoms. The number of aromatic nitrogens is 1. The maximum Gasteiger partial charge on any atom is 0.182 e. The number of thiazole rings is 1. The number of nitrogens with one attached hydrogen (secondary N) is 1. The quantitative estimate of drug-likeness (QED) is 0.760. The van der Waals surface area contributed by atoms with E-state index in [2.05, 4.69) is 10.3 Å². The fraction of sp³-hybridized carbons (Fsp3) is 0.625. The molecular weight excluding hydrogens is 192 g/mol. The van der Waals surface area contributed by atoms with Gasteiger partial charge in [0.25, 0.3) is 0 Å². The van der Waals surface area contributed by atoms with Crippen LogP contribution < -0.4 is 5.32 Å². The molecule has 0 bridgehead atoms. The molecule has 1 N–H and O–H groups in total. The van der Waals surface area contributed by atoms with Crippen molar-refractivity contribution in [3.8, 4) is 0 Å². The van der Waals surface area contributed by atoms with Crippen LogP contribution in [-0.4, -0.2) is 16.9 Å². The van der Waals surface area contributed by atoms with Gasteiger partial charge in [0.1, 0.15) is 0 Å². The zero-order valence-electron chi connectivity index (χ0n) is 6.66. The second-order valence-electron chi connectivity index (χ2n) is 3.07. The lowest BCUT2D eigenvalue weighted by molar-refractivity contribution is 0.770. The molecule has 1 aliphatic carbocycles. The van der Waals surface area contributed by atoms with Gasteiger partial charge in [-0.3, -0.25) is 0 Å². The standard InChI is InChI=1S/C8H11ClN2S/c9-7(6-1-2-6)5-11-8-10-3-4-12-8/h3-4,6-7H,1-2,5H2,(H,10,11). The first-order chi connectivity index (χ1) is 5.86. The lowest BCUT2D eigenvalue weighted by atomic mass is 10.3. The maximum atomic E-state index is 6.11. The van der Waals surface area contributed by atoms with Crippen molar-refractivity contribution < 1.29 is 0 Å². The fourth-order valence-electron chi connectivity index (χ4n) is 1.12. The molecule has 1 unspecified atom stereocenters. The number of rotatable bonds is 4. The van der Waals surface area contributed by atoms with Crippen LogP contribution in [0.2, 0.25) is 0 Å². The van der Waals surface area contributed by atoms with Gasteiger partial charge in [0.05, 0.1) is 5.38 Å². The monoisotopic (exact) mass is 202 g/mol. The Bertz CT molecular complexity index is 233. The number of hydrogen-bond acceptors (Lipinski definition) is 3. The third-order valence-corrected chi connectivity index (χ3v) is 3.26. The molecule has 12 heavy (non-hydrogen) atoms. The molecule has 1 atom stereocenters. The average molecular weight is 203 g/mol. The Morgan fingerprint density at radius 2 is 2.58 bits per heavy atom. The summed E-state index contributed by atoms with van der Waals surface area (Å²) in [4.78, 5) is 4.12. The van der Waals surface area contributed by atoms with Gasteiger partial charge in [0, 0.05) is 18.1 Å². The molecule has 2 nitrogen and oxygen atoms in total. The van der Waals surface area contributed by atoms with Gasteiger partial charge in [-0.25, -0.2) is 4.98 Å². The van der Waals surface area contributed by atoms with Crippen molar-refractivity contribution in [3.63, 3.8) is 0 Å². The van der Waals surface area contributed by atoms with E-state index >= 15 is 0 Å². The first-order valence-electron chi connectivity index (χ1n) is 4.13. The summed E-state index contributed by atoms with van der Waals surface area (Å²) >= 11 is 7.73. The zero-order valence-corrected chi connectivity index (χ0v) is 8.24. The van der Waals surface area contributed by atoms with Gasteiger partial charge in [-0.1, -0.05) is 0 Å². The molecule has 2 rings (SSSR count). The SMILES string of the molecule is ClC(CNc1nccs1)C1CC1. The van der Waals surface area contributed by atoms with E-state index in [0.717, 1.165) is 17.6 Å². The molecule has 66 valence electrons. The summed E-state index contributed by atoms with van der Waals surface area (Å²) in [6.45, 7) is 0.847. The van der Waals surface area contributed by atoms with Crippen LogP contribution in [0.4, 0.5) is 5.13 Å². The van der Waals surface area contributed by atoms with E-state index in [-0.39, 0.29) is 5.38 Å². The number of halogens is 1. The molecule has 0 saturated heterocycles. The normalized spacial score (nSPS) is 19.1. The number of alkyl halides is 1. The Morgan fingerprint density at radius 3 is 3.17 bits per heavy atom. The van der Waals surface area contributed by atoms with Crippen LogP contribution in [0, 0.1) is 5.92 Å². The van der Waals surface area contributed by atoms with Gasteiger partial charge in [0.2, 0.25) is 0 Å². The van der Waals surface area contributed by atoms with Gasteiger partial charge in [0.15, 0.2) is 5.13 Å². The van der Waals surface area contributed by atoms with Crippen LogP contribution in [-0.2, 0) is 0 Å². The third kappa shape index (κ3) is 2.11. The predicted molar refractivity (Wildman–Crippen MR) is 53.0 cm³/mol. The van der Waals surface area contributed by atoms with Gasteiger partial charge in [-0.05, 0) is 18.8 Å². The van der Waals surface area contributed by atoms with Crippen molar-refractivity contribution in [2.24, 2.45) is 5.92 Å². The van der Waals surface area contributed by atoms with Crippen LogP contribution in [0.1, 0.15) is 12.8 Å². The van der Waals surface area contributed by atoms with E-state index in [4.69, 9.17) is 11.6 Å². The highest BCUT2D eigenvalue weighted by Crippen LogP contribution is 2.35. The first kappa shape index (κ1) is 8.32. The van der Waals surface area contributed by atoms with Crippen molar-refractivity contribution in [1.82, 2.24) is 4.98 Å². The smallest absolute Gasteiger partial charge is 0.182 e. The summed E-state index contributed by atoms with van der Waals surface area (Å²) < 4.78 is 0. The van der Waals surface area contributed by atoms with Crippen molar-refractivity contribution in [3.05, 3.63) is 11.6 Å². The fourth-order valence-corrected chi connectivity index (χ4v) is 1.99. The largest absolute Gasteiger partial charge is 0.360 e. The second kappa shape index (κ2) is 3.62. The molecular formula is C8H11ClN2S. The summed E-state index contributed by atoms with van der Waals surface area (Å²) in [5, 5.41) is 6.44. The predicted octanol–water partition coefficient (Wildman–Crippen LogP) is 2.57. The Hall–Kier alpha value is -0.280. The molecule has 0 aromatic carbocycles. The number of hydrogen-bond donors (Lipinski definition) is 1. The topological polar surface area (TPSA) is 24.9 Å². The summed E-state index contributed by atoms with van der Waals surface area (Å²) in [5.74, 6) is 0.749. The molecule has 0 radical (unpaired) electrons. The van der Waals surface area contributed by atoms with Gasteiger partial charge < -0.3 is 5.32 Å². The van der Waals surface area contributed by atoms with Crippen molar-refractivity contribution in [2.45, 2.75) is 18.2 Å². The molecule has 1 aliphatic rings. The minimum atomic E-state index is 0.286. The third-order valence-electron chi connectivity index (χ3n) is 2.01. The highest BCUT2D eigenvalue weighted by atomic mass is 35.5. The van der Waals surface area contributed by atoms with Crippen LogP contribution in [0.25, 0.3) is 0 Å². The molecule has 1 heterocycles. The number of nitrogens with zero attached hydrogens (tertiary/aromatic N) is 1. The highest BCUT2D eigenvalue weighted by molar-refractivity contribution is 7.13. The molecule has 1 fully saturated rings. The van der Waals surface area contributed by atoms with Crippen LogP contribution in [0.5, 0.6) is 0 Å². The summed E-state index contributed by atoms with van der Waals surface area (Å²) in [5.41, 5.74) is 0. The second-order valence-corrected chi connectivity index (χ2v) is 4.53. The van der Waals surface area contributed by atoms with E-state index in [1.54, 1.807) is 17.5 Å². The van der Waals surface area contributed by atoms with Crippen molar-refractivity contribution >= 4 is 28.1 Å². The molecule has 1 aromatic heterocycles. The van der Waals surface area contributed by atoms with E-state index in [1.807, 2.05) is 5.38 Å². The minimum absolute atomic E-state index is 0.286.